The van der Waals surface area contributed by atoms with Crippen LogP contribution in [-0.4, -0.2) is 108 Å². The predicted octanol–water partition coefficient (Wildman–Crippen LogP) is 8.35. The first-order chi connectivity index (χ1) is 34.2. The minimum atomic E-state index is -1.03. The van der Waals surface area contributed by atoms with E-state index in [0.29, 0.717) is 63.9 Å². The van der Waals surface area contributed by atoms with Crippen LogP contribution in [-0.2, 0) is 54.6 Å². The van der Waals surface area contributed by atoms with Crippen molar-refractivity contribution < 1.29 is 33.4 Å². The van der Waals surface area contributed by atoms with E-state index in [0.717, 1.165) is 55.7 Å². The molecule has 374 valence electrons. The molecule has 15 nitrogen and oxygen atoms in total. The molecule has 3 amide bonds. The number of fused-ring (bicyclic) bond motifs is 6. The van der Waals surface area contributed by atoms with Gasteiger partial charge in [0, 0.05) is 73.9 Å². The Morgan fingerprint density at radius 3 is 2.56 bits per heavy atom. The second kappa shape index (κ2) is 22.2. The first kappa shape index (κ1) is 50.7. The highest BCUT2D eigenvalue weighted by Crippen LogP contribution is 2.41. The summed E-state index contributed by atoms with van der Waals surface area (Å²) in [4.78, 5) is 72.6. The average molecular weight is 965 g/mol. The zero-order valence-electron chi connectivity index (χ0n) is 42.4. The summed E-state index contributed by atoms with van der Waals surface area (Å²) in [5.74, 6) is -1.29. The minimum absolute atomic E-state index is 0.129. The van der Waals surface area contributed by atoms with Crippen molar-refractivity contribution in [3.8, 4) is 28.1 Å². The number of aryl methyl sites for hydroxylation is 1. The van der Waals surface area contributed by atoms with Crippen LogP contribution in [0.25, 0.3) is 33.3 Å². The van der Waals surface area contributed by atoms with Crippen LogP contribution in [0.3, 0.4) is 0 Å². The molecule has 3 aliphatic rings. The van der Waals surface area contributed by atoms with Gasteiger partial charge in [-0.15, -0.1) is 0 Å². The molecule has 2 aliphatic heterocycles. The van der Waals surface area contributed by atoms with Gasteiger partial charge >= 0.3 is 5.97 Å². The van der Waals surface area contributed by atoms with Crippen LogP contribution in [0.2, 0.25) is 0 Å². The van der Waals surface area contributed by atoms with Crippen molar-refractivity contribution in [3.63, 3.8) is 0 Å². The molecule has 0 spiro atoms. The van der Waals surface area contributed by atoms with E-state index in [9.17, 15) is 19.2 Å². The number of hydrogen-bond donors (Lipinski definition) is 2. The van der Waals surface area contributed by atoms with Gasteiger partial charge in [0.25, 0.3) is 5.91 Å². The second-order valence-electron chi connectivity index (χ2n) is 20.3. The van der Waals surface area contributed by atoms with E-state index in [2.05, 4.69) is 87.4 Å². The highest BCUT2D eigenvalue weighted by atomic mass is 16.5. The van der Waals surface area contributed by atoms with Gasteiger partial charge in [-0.25, -0.2) is 10.4 Å². The lowest BCUT2D eigenvalue weighted by molar-refractivity contribution is -0.155. The molecule has 2 N–H and O–H groups in total. The smallest absolute Gasteiger partial charge is 0.324 e. The van der Waals surface area contributed by atoms with Gasteiger partial charge < -0.3 is 29.0 Å². The summed E-state index contributed by atoms with van der Waals surface area (Å²) in [6.45, 7) is 11.8. The summed E-state index contributed by atoms with van der Waals surface area (Å²) >= 11 is 0. The SMILES string of the molecule is CCn1c(-c2cnccc2COC)c2c3cc(ccc31)-c1cccc(c1)C[C@H](NC(=O)[C@H](C(C)C)N(C)C(=O)[C@@H]1CCC(N=C=Nc3ccc(OC)cc3)C1)C(=O)N1CCC[C@H](N1)C(=O)OCC(C)(C)C2. The number of rotatable bonds is 12. The van der Waals surface area contributed by atoms with E-state index >= 15 is 0 Å². The average Bonchev–Trinajstić information content (AvgIpc) is 3.97. The largest absolute Gasteiger partial charge is 0.497 e. The Balaban J connectivity index is 1.10. The molecule has 4 heterocycles. The third-order valence-electron chi connectivity index (χ3n) is 14.2. The van der Waals surface area contributed by atoms with E-state index in [-0.39, 0.29) is 42.7 Å². The second-order valence-corrected chi connectivity index (χ2v) is 20.3. The van der Waals surface area contributed by atoms with Crippen LogP contribution in [0.1, 0.15) is 83.4 Å². The number of methoxy groups -OCH3 is 2. The summed E-state index contributed by atoms with van der Waals surface area (Å²) in [6.07, 6.45) is 7.33. The summed E-state index contributed by atoms with van der Waals surface area (Å²) in [6, 6.07) is 23.9. The number of aliphatic imine (C=N–C) groups is 2. The monoisotopic (exact) mass is 965 g/mol. The van der Waals surface area contributed by atoms with E-state index in [1.165, 1.54) is 9.91 Å². The molecule has 1 aliphatic carbocycles. The highest BCUT2D eigenvalue weighted by molar-refractivity contribution is 5.96. The van der Waals surface area contributed by atoms with Crippen molar-refractivity contribution in [1.82, 2.24) is 30.2 Å². The topological polar surface area (TPSA) is 169 Å². The lowest BCUT2D eigenvalue weighted by Crippen LogP contribution is -2.62. The van der Waals surface area contributed by atoms with Crippen molar-refractivity contribution in [3.05, 3.63) is 102 Å². The fourth-order valence-electron chi connectivity index (χ4n) is 10.6. The molecule has 71 heavy (non-hydrogen) atoms. The number of cyclic esters (lactones) is 1. The van der Waals surface area contributed by atoms with Gasteiger partial charge in [-0.1, -0.05) is 58.0 Å². The van der Waals surface area contributed by atoms with Crippen molar-refractivity contribution in [2.45, 2.75) is 117 Å². The van der Waals surface area contributed by atoms with Crippen LogP contribution in [0.15, 0.2) is 95.2 Å². The molecule has 8 rings (SSSR count). The van der Waals surface area contributed by atoms with Crippen LogP contribution < -0.4 is 15.5 Å². The Bertz CT molecular complexity index is 2810. The molecule has 2 fully saturated rings. The third kappa shape index (κ3) is 11.4. The van der Waals surface area contributed by atoms with Gasteiger partial charge in [0.05, 0.1) is 43.8 Å². The predicted molar refractivity (Wildman–Crippen MR) is 274 cm³/mol. The van der Waals surface area contributed by atoms with Gasteiger partial charge in [0.1, 0.15) is 23.9 Å². The maximum atomic E-state index is 14.8. The molecule has 15 heteroatoms. The standard InChI is InChI=1S/C56H68N8O7/c1-9-63-49-22-16-38-29-44(49)45(51(63)46-31-57-24-23-40(46)32-69-7)30-56(4,5)33-71-55(68)47-14-11-25-64(61-47)54(67)48(27-36-12-10-13-37(38)26-36)60-52(65)50(35(2)3)62(6)53(66)39-15-17-42(28-39)59-34-58-41-18-20-43(70-8)21-19-41/h10,12-13,16,18-24,26,29,31,35,39,42,47-48,50,61H,9,11,14-15,17,25,27-28,30,32-33H2,1-8H3,(H,60,65)/t39-,42?,47+,48+,50+/m1/s1. The summed E-state index contributed by atoms with van der Waals surface area (Å²) in [5, 5.41) is 5.65. The molecule has 1 saturated heterocycles. The molecular weight excluding hydrogens is 897 g/mol. The molecule has 0 radical (unpaired) electrons. The van der Waals surface area contributed by atoms with E-state index in [1.807, 2.05) is 62.5 Å². The number of likely N-dealkylation sites (N-methyl/N-ethyl adjacent to an activating group) is 1. The van der Waals surface area contributed by atoms with Gasteiger partial charge in [-0.05, 0) is 122 Å². The fourth-order valence-corrected chi connectivity index (χ4v) is 10.6. The molecule has 5 aromatic rings. The maximum absolute atomic E-state index is 14.8. The fraction of sp³-hybridized carbons (Fsp3) is 0.464. The Kier molecular flexibility index (Phi) is 15.8. The number of nitrogens with zero attached hydrogens (tertiary/aromatic N) is 6. The summed E-state index contributed by atoms with van der Waals surface area (Å²) in [5.41, 5.74) is 11.4. The molecule has 3 aromatic carbocycles. The number of amides is 3. The van der Waals surface area contributed by atoms with Crippen molar-refractivity contribution >= 4 is 46.3 Å². The minimum Gasteiger partial charge on any atom is -0.497 e. The normalized spacial score (nSPS) is 20.7. The highest BCUT2D eigenvalue weighted by Gasteiger charge is 2.40. The van der Waals surface area contributed by atoms with Crippen LogP contribution >= 0.6 is 0 Å². The Labute approximate surface area is 417 Å². The summed E-state index contributed by atoms with van der Waals surface area (Å²) < 4.78 is 19.4. The number of carbonyl (C=O) groups is 4. The third-order valence-corrected chi connectivity index (χ3v) is 14.2. The number of hydrazine groups is 1. The van der Waals surface area contributed by atoms with E-state index in [1.54, 1.807) is 27.5 Å². The first-order valence-corrected chi connectivity index (χ1v) is 25.0. The van der Waals surface area contributed by atoms with Crippen LogP contribution in [0.4, 0.5) is 5.69 Å². The van der Waals surface area contributed by atoms with Crippen LogP contribution in [0.5, 0.6) is 5.75 Å². The maximum Gasteiger partial charge on any atom is 0.324 e. The first-order valence-electron chi connectivity index (χ1n) is 25.0. The number of carbonyl (C=O) groups excluding carboxylic acids is 4. The number of ether oxygens (including phenoxy) is 3. The number of benzene rings is 3. The van der Waals surface area contributed by atoms with Crippen LogP contribution in [0, 0.1) is 17.3 Å². The number of aromatic nitrogens is 2. The molecule has 2 aromatic heterocycles. The molecule has 5 atom stereocenters. The number of esters is 1. The van der Waals surface area contributed by atoms with Gasteiger partial charge in [-0.2, -0.15) is 4.99 Å². The van der Waals surface area contributed by atoms with Crippen molar-refractivity contribution in [2.24, 2.45) is 27.2 Å². The zero-order valence-corrected chi connectivity index (χ0v) is 42.4. The van der Waals surface area contributed by atoms with Gasteiger partial charge in [-0.3, -0.25) is 29.2 Å². The Morgan fingerprint density at radius 1 is 1.03 bits per heavy atom. The van der Waals surface area contributed by atoms with E-state index in [4.69, 9.17) is 14.2 Å². The number of pyridine rings is 1. The number of nitrogens with one attached hydrogen (secondary N) is 2. The Morgan fingerprint density at radius 2 is 1.82 bits per heavy atom. The van der Waals surface area contributed by atoms with Gasteiger partial charge in [0.15, 0.2) is 0 Å². The molecule has 1 saturated carbocycles. The van der Waals surface area contributed by atoms with Gasteiger partial charge in [0.2, 0.25) is 11.8 Å². The Hall–Kier alpha value is -6.67. The molecular formula is C56H68N8O7. The number of hydrogen-bond acceptors (Lipinski definition) is 11. The quantitative estimate of drug-likeness (QED) is 0.0922. The zero-order chi connectivity index (χ0) is 50.4. The summed E-state index contributed by atoms with van der Waals surface area (Å²) in [7, 11) is 4.97. The van der Waals surface area contributed by atoms with Crippen molar-refractivity contribution in [2.75, 3.05) is 34.4 Å². The van der Waals surface area contributed by atoms with Crippen molar-refractivity contribution in [1.29, 1.82) is 0 Å². The lowest BCUT2D eigenvalue weighted by Gasteiger charge is -2.37. The molecule has 1 unspecified atom stereocenters. The van der Waals surface area contributed by atoms with E-state index < -0.39 is 35.4 Å². The lowest BCUT2D eigenvalue weighted by atomic mass is 9.84. The molecule has 6 bridgehead atoms.